The minimum atomic E-state index is 0.230. The van der Waals surface area contributed by atoms with Crippen molar-refractivity contribution in [1.82, 2.24) is 0 Å². The molecule has 4 aliphatic carbocycles. The van der Waals surface area contributed by atoms with Gasteiger partial charge in [-0.25, -0.2) is 0 Å². The molecule has 4 aliphatic rings. The van der Waals surface area contributed by atoms with Crippen LogP contribution >= 0.6 is 11.8 Å². The number of hydrogen-bond donors (Lipinski definition) is 2. The van der Waals surface area contributed by atoms with Crippen LogP contribution in [0.25, 0.3) is 0 Å². The number of benzene rings is 1. The monoisotopic (exact) mass is 275 g/mol. The smallest absolute Gasteiger partial charge is 0.139 e. The average molecular weight is 275 g/mol. The quantitative estimate of drug-likeness (QED) is 0.636. The second kappa shape index (κ2) is 4.34. The first-order valence-corrected chi connectivity index (χ1v) is 8.32. The first-order valence-electron chi connectivity index (χ1n) is 7.44. The van der Waals surface area contributed by atoms with Crippen LogP contribution in [0, 0.1) is 23.7 Å². The number of nitrogen functional groups attached to an aromatic ring is 1. The maximum atomic E-state index is 9.74. The Hall–Kier alpha value is -0.830. The molecule has 4 bridgehead atoms. The molecule has 0 aromatic heterocycles. The van der Waals surface area contributed by atoms with Crippen molar-refractivity contribution < 1.29 is 5.11 Å². The number of rotatable bonds is 2. The van der Waals surface area contributed by atoms with E-state index in [-0.39, 0.29) is 5.75 Å². The Bertz CT molecular complexity index is 474. The summed E-state index contributed by atoms with van der Waals surface area (Å²) in [5, 5.41) is 10.5. The predicted molar refractivity (Wildman–Crippen MR) is 79.2 cm³/mol. The fourth-order valence-corrected chi connectivity index (χ4v) is 6.29. The molecule has 102 valence electrons. The Morgan fingerprint density at radius 1 is 1.00 bits per heavy atom. The zero-order valence-corrected chi connectivity index (χ0v) is 11.9. The lowest BCUT2D eigenvalue weighted by Crippen LogP contribution is -2.46. The lowest BCUT2D eigenvalue weighted by molar-refractivity contribution is 0.0267. The molecule has 1 aromatic rings. The number of phenols is 1. The maximum Gasteiger partial charge on any atom is 0.139 e. The molecular formula is C16H21NOS. The summed E-state index contributed by atoms with van der Waals surface area (Å²) in [5.74, 6) is 4.12. The molecule has 2 nitrogen and oxygen atoms in total. The van der Waals surface area contributed by atoms with Gasteiger partial charge in [0.25, 0.3) is 0 Å². The molecule has 4 saturated carbocycles. The second-order valence-corrected chi connectivity index (χ2v) is 7.99. The van der Waals surface area contributed by atoms with E-state index in [1.54, 1.807) is 0 Å². The van der Waals surface area contributed by atoms with E-state index in [0.29, 0.717) is 5.69 Å². The molecule has 0 saturated heterocycles. The van der Waals surface area contributed by atoms with Crippen molar-refractivity contribution in [3.8, 4) is 5.75 Å². The highest BCUT2D eigenvalue weighted by Gasteiger charge is 2.48. The number of nitrogens with two attached hydrogens (primary N) is 1. The fourth-order valence-electron chi connectivity index (χ4n) is 4.82. The van der Waals surface area contributed by atoms with E-state index in [0.717, 1.165) is 28.9 Å². The summed E-state index contributed by atoms with van der Waals surface area (Å²) in [6.45, 7) is 0. The summed E-state index contributed by atoms with van der Waals surface area (Å²) in [4.78, 5) is 1.18. The standard InChI is InChI=1S/C16H21NOS/c17-14-2-1-13(8-15(14)18)19-16-11-4-9-3-10(6-11)7-12(16)5-9/h1-2,8-12,16,18H,3-7,17H2. The largest absolute Gasteiger partial charge is 0.506 e. The van der Waals surface area contributed by atoms with Gasteiger partial charge in [-0.05, 0) is 74.0 Å². The van der Waals surface area contributed by atoms with Gasteiger partial charge in [0.2, 0.25) is 0 Å². The molecule has 0 unspecified atom stereocenters. The molecule has 0 spiro atoms. The highest BCUT2D eigenvalue weighted by atomic mass is 32.2. The third-order valence-electron chi connectivity index (χ3n) is 5.41. The van der Waals surface area contributed by atoms with Gasteiger partial charge < -0.3 is 10.8 Å². The maximum absolute atomic E-state index is 9.74. The summed E-state index contributed by atoms with van der Waals surface area (Å²) in [6, 6.07) is 5.73. The zero-order chi connectivity index (χ0) is 13.0. The zero-order valence-electron chi connectivity index (χ0n) is 11.1. The van der Waals surface area contributed by atoms with Crippen LogP contribution in [0.2, 0.25) is 0 Å². The Balaban J connectivity index is 1.55. The number of phenolic OH excluding ortho intramolecular Hbond substituents is 1. The van der Waals surface area contributed by atoms with E-state index in [4.69, 9.17) is 5.73 Å². The predicted octanol–water partition coefficient (Wildman–Crippen LogP) is 3.89. The van der Waals surface area contributed by atoms with E-state index in [1.807, 2.05) is 23.9 Å². The first kappa shape index (κ1) is 12.0. The highest BCUT2D eigenvalue weighted by Crippen LogP contribution is 2.58. The molecule has 0 radical (unpaired) electrons. The van der Waals surface area contributed by atoms with E-state index in [2.05, 4.69) is 6.07 Å². The van der Waals surface area contributed by atoms with Crippen LogP contribution in [-0.4, -0.2) is 10.4 Å². The van der Waals surface area contributed by atoms with Gasteiger partial charge in [-0.15, -0.1) is 11.8 Å². The van der Waals surface area contributed by atoms with Crippen LogP contribution < -0.4 is 5.73 Å². The van der Waals surface area contributed by atoms with Gasteiger partial charge in [-0.2, -0.15) is 0 Å². The minimum Gasteiger partial charge on any atom is -0.506 e. The minimum absolute atomic E-state index is 0.230. The average Bonchev–Trinajstić information content (AvgIpc) is 2.37. The van der Waals surface area contributed by atoms with Crippen LogP contribution in [0.3, 0.4) is 0 Å². The summed E-state index contributed by atoms with van der Waals surface area (Å²) < 4.78 is 0. The highest BCUT2D eigenvalue weighted by molar-refractivity contribution is 8.00. The molecule has 0 atom stereocenters. The topological polar surface area (TPSA) is 46.2 Å². The van der Waals surface area contributed by atoms with Gasteiger partial charge in [0, 0.05) is 10.1 Å². The van der Waals surface area contributed by atoms with Gasteiger partial charge >= 0.3 is 0 Å². The lowest BCUT2D eigenvalue weighted by Gasteiger charge is -2.54. The van der Waals surface area contributed by atoms with E-state index >= 15 is 0 Å². The van der Waals surface area contributed by atoms with Crippen LogP contribution in [0.5, 0.6) is 5.75 Å². The number of thioether (sulfide) groups is 1. The van der Waals surface area contributed by atoms with Crippen molar-refractivity contribution in [3.05, 3.63) is 18.2 Å². The normalized spacial score (nSPS) is 39.7. The summed E-state index contributed by atoms with van der Waals surface area (Å²) in [7, 11) is 0. The molecule has 4 fully saturated rings. The van der Waals surface area contributed by atoms with Gasteiger partial charge in [0.1, 0.15) is 5.75 Å². The third-order valence-corrected chi connectivity index (χ3v) is 6.98. The summed E-state index contributed by atoms with van der Waals surface area (Å²) in [5.41, 5.74) is 6.16. The summed E-state index contributed by atoms with van der Waals surface area (Å²) in [6.07, 6.45) is 7.31. The van der Waals surface area contributed by atoms with Crippen molar-refractivity contribution in [3.63, 3.8) is 0 Å². The van der Waals surface area contributed by atoms with Gasteiger partial charge in [-0.3, -0.25) is 0 Å². The lowest BCUT2D eigenvalue weighted by atomic mass is 9.56. The molecule has 1 aromatic carbocycles. The van der Waals surface area contributed by atoms with Crippen molar-refractivity contribution in [2.24, 2.45) is 23.7 Å². The second-order valence-electron chi connectivity index (χ2n) is 6.73. The van der Waals surface area contributed by atoms with E-state index in [9.17, 15) is 5.11 Å². The summed E-state index contributed by atoms with van der Waals surface area (Å²) >= 11 is 1.99. The SMILES string of the molecule is Nc1ccc(SC2C3CC4CC(C3)CC2C4)cc1O. The van der Waals surface area contributed by atoms with Crippen LogP contribution in [0.1, 0.15) is 32.1 Å². The van der Waals surface area contributed by atoms with Gasteiger partial charge in [-0.1, -0.05) is 0 Å². The molecule has 3 heteroatoms. The molecule has 5 rings (SSSR count). The Kier molecular flexibility index (Phi) is 2.73. The molecule has 0 heterocycles. The third kappa shape index (κ3) is 2.03. The Morgan fingerprint density at radius 3 is 2.21 bits per heavy atom. The van der Waals surface area contributed by atoms with E-state index < -0.39 is 0 Å². The van der Waals surface area contributed by atoms with Crippen molar-refractivity contribution in [1.29, 1.82) is 0 Å². The molecular weight excluding hydrogens is 254 g/mol. The fraction of sp³-hybridized carbons (Fsp3) is 0.625. The molecule has 0 amide bonds. The van der Waals surface area contributed by atoms with Crippen molar-refractivity contribution in [2.45, 2.75) is 42.2 Å². The molecule has 0 aliphatic heterocycles. The van der Waals surface area contributed by atoms with Crippen LogP contribution in [0.4, 0.5) is 5.69 Å². The van der Waals surface area contributed by atoms with Crippen LogP contribution in [-0.2, 0) is 0 Å². The number of hydrogen-bond acceptors (Lipinski definition) is 3. The van der Waals surface area contributed by atoms with Gasteiger partial charge in [0.15, 0.2) is 0 Å². The van der Waals surface area contributed by atoms with E-state index in [1.165, 1.54) is 37.0 Å². The van der Waals surface area contributed by atoms with Gasteiger partial charge in [0.05, 0.1) is 5.69 Å². The molecule has 19 heavy (non-hydrogen) atoms. The molecule has 3 N–H and O–H groups in total. The Morgan fingerprint density at radius 2 is 1.63 bits per heavy atom. The number of aromatic hydroxyl groups is 1. The van der Waals surface area contributed by atoms with Crippen LogP contribution in [0.15, 0.2) is 23.1 Å². The van der Waals surface area contributed by atoms with Crippen molar-refractivity contribution in [2.75, 3.05) is 5.73 Å². The van der Waals surface area contributed by atoms with Crippen molar-refractivity contribution >= 4 is 17.4 Å². The number of anilines is 1. The first-order chi connectivity index (χ1) is 9.19. The Labute approximate surface area is 118 Å².